The summed E-state index contributed by atoms with van der Waals surface area (Å²) >= 11 is 0. The second-order valence-electron chi connectivity index (χ2n) is 10.6. The Bertz CT molecular complexity index is 1200. The van der Waals surface area contributed by atoms with E-state index in [2.05, 4.69) is 31.3 Å². The maximum absolute atomic E-state index is 13.5. The number of rotatable bonds is 10. The standard InChI is InChI=1S/C28H40N8O4/c1-5-36-23(12-13-29-36)26(38)30-19(3)25(37)31-21-8-6-20(7-9-21)18(2)24(33-28(40)32-22-10-11-22)27(39)35-16-14-34(4)15-17-35/h6-9,12-13,18-19,22,24H,5,10-11,14-17H2,1-4H3,(H,30,38)(H,31,37)(H2,32,33,40)/t18-,19-,24+/m0/s1. The SMILES string of the molecule is CCn1nccc1C(=O)N[C@@H](C)C(=O)Nc1ccc([C@H](C)[C@@H](NC(=O)NC2CC2)C(=O)N2CCN(C)CC2)cc1. The van der Waals surface area contributed by atoms with E-state index in [0.717, 1.165) is 31.5 Å². The van der Waals surface area contributed by atoms with Crippen molar-refractivity contribution in [2.45, 2.75) is 64.2 Å². The Morgan fingerprint density at radius 2 is 1.65 bits per heavy atom. The van der Waals surface area contributed by atoms with Crippen LogP contribution in [0.25, 0.3) is 0 Å². The summed E-state index contributed by atoms with van der Waals surface area (Å²) in [5, 5.41) is 15.4. The van der Waals surface area contributed by atoms with E-state index in [1.54, 1.807) is 36.0 Å². The van der Waals surface area contributed by atoms with Gasteiger partial charge in [-0.15, -0.1) is 0 Å². The molecular formula is C28H40N8O4. The molecule has 0 bridgehead atoms. The van der Waals surface area contributed by atoms with Crippen LogP contribution in [-0.4, -0.2) is 94.7 Å². The Labute approximate surface area is 234 Å². The van der Waals surface area contributed by atoms with Gasteiger partial charge in [0, 0.05) is 56.6 Å². The maximum atomic E-state index is 13.5. The number of aryl methyl sites for hydroxylation is 1. The van der Waals surface area contributed by atoms with Gasteiger partial charge in [0.2, 0.25) is 11.8 Å². The number of nitrogens with one attached hydrogen (secondary N) is 4. The van der Waals surface area contributed by atoms with E-state index in [-0.39, 0.29) is 35.7 Å². The van der Waals surface area contributed by atoms with Crippen LogP contribution in [0.15, 0.2) is 36.5 Å². The molecule has 1 saturated heterocycles. The summed E-state index contributed by atoms with van der Waals surface area (Å²) in [6, 6.07) is 7.15. The smallest absolute Gasteiger partial charge is 0.315 e. The first-order chi connectivity index (χ1) is 19.2. The number of carbonyl (C=O) groups is 4. The highest BCUT2D eigenvalue weighted by molar-refractivity contribution is 6.00. The average Bonchev–Trinajstić information content (AvgIpc) is 3.62. The van der Waals surface area contributed by atoms with Crippen molar-refractivity contribution in [2.75, 3.05) is 38.5 Å². The van der Waals surface area contributed by atoms with Crippen LogP contribution in [0.2, 0.25) is 0 Å². The molecule has 1 aliphatic heterocycles. The Morgan fingerprint density at radius 1 is 0.975 bits per heavy atom. The van der Waals surface area contributed by atoms with Crippen LogP contribution < -0.4 is 21.3 Å². The molecule has 2 heterocycles. The summed E-state index contributed by atoms with van der Waals surface area (Å²) in [7, 11) is 2.03. The predicted octanol–water partition coefficient (Wildman–Crippen LogP) is 1.37. The van der Waals surface area contributed by atoms with Gasteiger partial charge in [-0.1, -0.05) is 19.1 Å². The molecule has 2 aromatic rings. The lowest BCUT2D eigenvalue weighted by molar-refractivity contribution is -0.135. The van der Waals surface area contributed by atoms with Crippen LogP contribution >= 0.6 is 0 Å². The van der Waals surface area contributed by atoms with Crippen molar-refractivity contribution in [1.82, 2.24) is 35.5 Å². The first-order valence-corrected chi connectivity index (χ1v) is 13.9. The van der Waals surface area contributed by atoms with E-state index in [1.807, 2.05) is 37.9 Å². The minimum atomic E-state index is -0.772. The fraction of sp³-hybridized carbons (Fsp3) is 0.536. The summed E-state index contributed by atoms with van der Waals surface area (Å²) in [6.07, 6.45) is 3.46. The first-order valence-electron chi connectivity index (χ1n) is 13.9. The third-order valence-corrected chi connectivity index (χ3v) is 7.47. The fourth-order valence-electron chi connectivity index (χ4n) is 4.65. The molecule has 216 valence electrons. The van der Waals surface area contributed by atoms with Gasteiger partial charge in [0.05, 0.1) is 0 Å². The molecule has 0 unspecified atom stereocenters. The number of hydrogen-bond donors (Lipinski definition) is 4. The molecule has 12 heteroatoms. The van der Waals surface area contributed by atoms with Crippen molar-refractivity contribution in [1.29, 1.82) is 0 Å². The molecule has 4 N–H and O–H groups in total. The molecule has 2 fully saturated rings. The van der Waals surface area contributed by atoms with Crippen LogP contribution in [0.5, 0.6) is 0 Å². The van der Waals surface area contributed by atoms with E-state index in [4.69, 9.17) is 0 Å². The van der Waals surface area contributed by atoms with Gasteiger partial charge >= 0.3 is 6.03 Å². The zero-order valence-corrected chi connectivity index (χ0v) is 23.6. The molecule has 4 rings (SSSR count). The van der Waals surface area contributed by atoms with Crippen LogP contribution in [0.4, 0.5) is 10.5 Å². The quantitative estimate of drug-likeness (QED) is 0.351. The third kappa shape index (κ3) is 7.38. The monoisotopic (exact) mass is 552 g/mol. The van der Waals surface area contributed by atoms with E-state index in [0.29, 0.717) is 31.0 Å². The van der Waals surface area contributed by atoms with Gasteiger partial charge in [0.25, 0.3) is 5.91 Å². The van der Waals surface area contributed by atoms with Gasteiger partial charge < -0.3 is 31.1 Å². The number of anilines is 1. The number of likely N-dealkylation sites (N-methyl/N-ethyl adjacent to an activating group) is 1. The zero-order chi connectivity index (χ0) is 28.8. The van der Waals surface area contributed by atoms with Crippen molar-refractivity contribution in [3.8, 4) is 0 Å². The second-order valence-corrected chi connectivity index (χ2v) is 10.6. The zero-order valence-electron chi connectivity index (χ0n) is 23.6. The molecule has 12 nitrogen and oxygen atoms in total. The van der Waals surface area contributed by atoms with Gasteiger partial charge in [0.15, 0.2) is 0 Å². The number of hydrogen-bond acceptors (Lipinski definition) is 6. The molecule has 0 radical (unpaired) electrons. The molecular weight excluding hydrogens is 512 g/mol. The second kappa shape index (κ2) is 12.9. The van der Waals surface area contributed by atoms with Crippen molar-refractivity contribution >= 4 is 29.4 Å². The van der Waals surface area contributed by atoms with Crippen molar-refractivity contribution in [3.63, 3.8) is 0 Å². The van der Waals surface area contributed by atoms with Crippen molar-refractivity contribution in [2.24, 2.45) is 0 Å². The van der Waals surface area contributed by atoms with E-state index < -0.39 is 12.1 Å². The van der Waals surface area contributed by atoms with E-state index in [9.17, 15) is 19.2 Å². The van der Waals surface area contributed by atoms with Gasteiger partial charge in [-0.25, -0.2) is 4.79 Å². The highest BCUT2D eigenvalue weighted by Gasteiger charge is 2.34. The number of urea groups is 1. The van der Waals surface area contributed by atoms with Gasteiger partial charge in [0.1, 0.15) is 17.8 Å². The van der Waals surface area contributed by atoms with E-state index >= 15 is 0 Å². The maximum Gasteiger partial charge on any atom is 0.315 e. The largest absolute Gasteiger partial charge is 0.339 e. The normalized spacial score (nSPS) is 17.9. The molecule has 0 spiro atoms. The molecule has 3 atom stereocenters. The van der Waals surface area contributed by atoms with Crippen molar-refractivity contribution in [3.05, 3.63) is 47.8 Å². The average molecular weight is 553 g/mol. The summed E-state index contributed by atoms with van der Waals surface area (Å²) in [5.41, 5.74) is 1.80. The Morgan fingerprint density at radius 3 is 2.27 bits per heavy atom. The summed E-state index contributed by atoms with van der Waals surface area (Å²) in [6.45, 7) is 8.77. The van der Waals surface area contributed by atoms with Crippen LogP contribution in [0.1, 0.15) is 55.6 Å². The lowest BCUT2D eigenvalue weighted by Gasteiger charge is -2.36. The Hall–Kier alpha value is -3.93. The number of amides is 5. The highest BCUT2D eigenvalue weighted by atomic mass is 16.2. The fourth-order valence-corrected chi connectivity index (χ4v) is 4.65. The Kier molecular flexibility index (Phi) is 9.41. The van der Waals surface area contributed by atoms with Crippen molar-refractivity contribution < 1.29 is 19.2 Å². The number of benzene rings is 1. The van der Waals surface area contributed by atoms with Crippen LogP contribution in [-0.2, 0) is 16.1 Å². The summed E-state index contributed by atoms with van der Waals surface area (Å²) in [4.78, 5) is 55.4. The van der Waals surface area contributed by atoms with Crippen LogP contribution in [0.3, 0.4) is 0 Å². The minimum absolute atomic E-state index is 0.0992. The number of aromatic nitrogens is 2. The third-order valence-electron chi connectivity index (χ3n) is 7.47. The van der Waals surface area contributed by atoms with E-state index in [1.165, 1.54) is 0 Å². The lowest BCUT2D eigenvalue weighted by Crippen LogP contribution is -2.57. The number of carbonyl (C=O) groups excluding carboxylic acids is 4. The molecule has 5 amide bonds. The molecule has 1 saturated carbocycles. The van der Waals surface area contributed by atoms with Crippen LogP contribution in [0, 0.1) is 0 Å². The van der Waals surface area contributed by atoms with Gasteiger partial charge in [-0.2, -0.15) is 5.10 Å². The molecule has 1 aromatic carbocycles. The van der Waals surface area contributed by atoms with Gasteiger partial charge in [-0.05, 0) is 57.5 Å². The topological polar surface area (TPSA) is 141 Å². The Balaban J connectivity index is 1.39. The summed E-state index contributed by atoms with van der Waals surface area (Å²) in [5.74, 6) is -1.14. The highest BCUT2D eigenvalue weighted by Crippen LogP contribution is 2.24. The molecule has 1 aromatic heterocycles. The number of nitrogens with zero attached hydrogens (tertiary/aromatic N) is 4. The lowest BCUT2D eigenvalue weighted by atomic mass is 9.92. The molecule has 40 heavy (non-hydrogen) atoms. The van der Waals surface area contributed by atoms with Gasteiger partial charge in [-0.3, -0.25) is 19.1 Å². The summed E-state index contributed by atoms with van der Waals surface area (Å²) < 4.78 is 1.56. The number of piperazine rings is 1. The predicted molar refractivity (Wildman–Crippen MR) is 151 cm³/mol. The molecule has 2 aliphatic rings. The minimum Gasteiger partial charge on any atom is -0.339 e. The molecule has 1 aliphatic carbocycles. The first kappa shape index (κ1) is 29.1.